The SMILES string of the molecule is C[C@@H](O)c1cc2cnc(Nc3ccc(CN4CCN(C)CC4)cn3)nc2c(N2CC[C@H](F)C2)n1. The first kappa shape index (κ1) is 22.8. The molecule has 9 nitrogen and oxygen atoms in total. The van der Waals surface area contributed by atoms with E-state index < -0.39 is 12.3 Å². The summed E-state index contributed by atoms with van der Waals surface area (Å²) in [5, 5.41) is 14.0. The topological polar surface area (TPSA) is 93.5 Å². The summed E-state index contributed by atoms with van der Waals surface area (Å²) in [6.45, 7) is 7.69. The number of aromatic nitrogens is 4. The van der Waals surface area contributed by atoms with Gasteiger partial charge in [-0.15, -0.1) is 0 Å². The van der Waals surface area contributed by atoms with Crippen molar-refractivity contribution in [1.29, 1.82) is 0 Å². The first-order valence-corrected chi connectivity index (χ1v) is 11.8. The number of hydrogen-bond acceptors (Lipinski definition) is 9. The minimum atomic E-state index is -0.889. The van der Waals surface area contributed by atoms with E-state index in [0.29, 0.717) is 41.8 Å². The van der Waals surface area contributed by atoms with E-state index >= 15 is 0 Å². The van der Waals surface area contributed by atoms with Gasteiger partial charge in [0.05, 0.1) is 18.3 Å². The Morgan fingerprint density at radius 1 is 1.12 bits per heavy atom. The van der Waals surface area contributed by atoms with Gasteiger partial charge in [0.25, 0.3) is 0 Å². The highest BCUT2D eigenvalue weighted by Gasteiger charge is 2.26. The number of aliphatic hydroxyl groups excluding tert-OH is 1. The summed E-state index contributed by atoms with van der Waals surface area (Å²) in [6.07, 6.45) is 2.42. The van der Waals surface area contributed by atoms with E-state index in [0.717, 1.165) is 38.1 Å². The molecule has 0 amide bonds. The molecule has 0 unspecified atom stereocenters. The van der Waals surface area contributed by atoms with Crippen molar-refractivity contribution in [1.82, 2.24) is 29.7 Å². The molecule has 3 aromatic heterocycles. The molecule has 2 fully saturated rings. The molecule has 2 N–H and O–H groups in total. The lowest BCUT2D eigenvalue weighted by Crippen LogP contribution is -2.43. The summed E-state index contributed by atoms with van der Waals surface area (Å²) in [7, 11) is 2.15. The molecular weight excluding hydrogens is 435 g/mol. The van der Waals surface area contributed by atoms with Crippen LogP contribution in [0.1, 0.15) is 30.7 Å². The van der Waals surface area contributed by atoms with Crippen molar-refractivity contribution in [2.75, 3.05) is 56.5 Å². The molecule has 2 saturated heterocycles. The van der Waals surface area contributed by atoms with E-state index in [2.05, 4.69) is 48.2 Å². The van der Waals surface area contributed by atoms with Gasteiger partial charge in [0, 0.05) is 57.0 Å². The smallest absolute Gasteiger partial charge is 0.229 e. The number of nitrogens with one attached hydrogen (secondary N) is 1. The largest absolute Gasteiger partial charge is 0.387 e. The van der Waals surface area contributed by atoms with Crippen molar-refractivity contribution >= 4 is 28.5 Å². The van der Waals surface area contributed by atoms with Gasteiger partial charge in [-0.25, -0.2) is 24.3 Å². The maximum absolute atomic E-state index is 13.9. The maximum Gasteiger partial charge on any atom is 0.229 e. The van der Waals surface area contributed by atoms with Crippen LogP contribution in [0.15, 0.2) is 30.6 Å². The molecule has 0 spiro atoms. The summed E-state index contributed by atoms with van der Waals surface area (Å²) in [5.74, 6) is 1.63. The van der Waals surface area contributed by atoms with Crippen LogP contribution in [0.5, 0.6) is 0 Å². The number of fused-ring (bicyclic) bond motifs is 1. The van der Waals surface area contributed by atoms with Crippen LogP contribution in [-0.2, 0) is 6.54 Å². The molecule has 5 heterocycles. The Labute approximate surface area is 198 Å². The predicted molar refractivity (Wildman–Crippen MR) is 130 cm³/mol. The quantitative estimate of drug-likeness (QED) is 0.568. The molecule has 0 aliphatic carbocycles. The number of halogens is 1. The lowest BCUT2D eigenvalue weighted by atomic mass is 10.2. The molecule has 34 heavy (non-hydrogen) atoms. The van der Waals surface area contributed by atoms with Crippen LogP contribution in [0.3, 0.4) is 0 Å². The number of alkyl halides is 1. The van der Waals surface area contributed by atoms with Crippen LogP contribution in [-0.4, -0.2) is 87.3 Å². The molecule has 0 bridgehead atoms. The molecule has 2 aliphatic heterocycles. The van der Waals surface area contributed by atoms with Gasteiger partial charge in [-0.3, -0.25) is 4.90 Å². The van der Waals surface area contributed by atoms with Crippen LogP contribution in [0.2, 0.25) is 0 Å². The Kier molecular flexibility index (Phi) is 6.53. The maximum atomic E-state index is 13.9. The second kappa shape index (κ2) is 9.73. The van der Waals surface area contributed by atoms with E-state index in [-0.39, 0.29) is 6.54 Å². The fourth-order valence-corrected chi connectivity index (χ4v) is 4.42. The highest BCUT2D eigenvalue weighted by molar-refractivity contribution is 5.89. The van der Waals surface area contributed by atoms with Crippen molar-refractivity contribution in [2.24, 2.45) is 0 Å². The third kappa shape index (κ3) is 5.08. The molecule has 2 atom stereocenters. The summed E-state index contributed by atoms with van der Waals surface area (Å²) < 4.78 is 13.9. The highest BCUT2D eigenvalue weighted by Crippen LogP contribution is 2.30. The first-order chi connectivity index (χ1) is 16.4. The number of rotatable bonds is 6. The molecule has 0 radical (unpaired) electrons. The summed E-state index contributed by atoms with van der Waals surface area (Å²) >= 11 is 0. The number of likely N-dealkylation sites (N-methyl/N-ethyl adjacent to an activating group) is 1. The second-order valence-electron chi connectivity index (χ2n) is 9.27. The minimum Gasteiger partial charge on any atom is -0.387 e. The zero-order valence-electron chi connectivity index (χ0n) is 19.7. The Balaban J connectivity index is 1.35. The second-order valence-corrected chi connectivity index (χ2v) is 9.27. The normalized spacial score (nSPS) is 20.7. The molecule has 10 heteroatoms. The monoisotopic (exact) mass is 466 g/mol. The summed E-state index contributed by atoms with van der Waals surface area (Å²) in [5.41, 5.74) is 2.32. The zero-order chi connectivity index (χ0) is 23.7. The van der Waals surface area contributed by atoms with Crippen molar-refractivity contribution in [3.8, 4) is 0 Å². The van der Waals surface area contributed by atoms with Crippen molar-refractivity contribution in [3.63, 3.8) is 0 Å². The molecule has 180 valence electrons. The number of piperazine rings is 1. The highest BCUT2D eigenvalue weighted by atomic mass is 19.1. The third-order valence-corrected chi connectivity index (χ3v) is 6.49. The number of aliphatic hydroxyl groups is 1. The Bertz CT molecular complexity index is 1130. The fraction of sp³-hybridized carbons (Fsp3) is 0.500. The van der Waals surface area contributed by atoms with Crippen LogP contribution < -0.4 is 10.2 Å². The Morgan fingerprint density at radius 2 is 1.94 bits per heavy atom. The lowest BCUT2D eigenvalue weighted by Gasteiger charge is -2.32. The van der Waals surface area contributed by atoms with Gasteiger partial charge in [-0.2, -0.15) is 0 Å². The molecule has 5 rings (SSSR count). The van der Waals surface area contributed by atoms with Gasteiger partial charge in [-0.1, -0.05) is 6.07 Å². The number of hydrogen-bond donors (Lipinski definition) is 2. The van der Waals surface area contributed by atoms with Crippen LogP contribution >= 0.6 is 0 Å². The van der Waals surface area contributed by atoms with Crippen molar-refractivity contribution in [2.45, 2.75) is 32.2 Å². The average molecular weight is 467 g/mol. The van der Waals surface area contributed by atoms with Crippen molar-refractivity contribution < 1.29 is 9.50 Å². The van der Waals surface area contributed by atoms with Crippen molar-refractivity contribution in [3.05, 3.63) is 41.9 Å². The minimum absolute atomic E-state index is 0.272. The van der Waals surface area contributed by atoms with E-state index in [9.17, 15) is 9.50 Å². The Morgan fingerprint density at radius 3 is 2.62 bits per heavy atom. The van der Waals surface area contributed by atoms with Gasteiger partial charge in [0.15, 0.2) is 5.82 Å². The molecule has 3 aromatic rings. The van der Waals surface area contributed by atoms with Crippen LogP contribution in [0, 0.1) is 0 Å². The van der Waals surface area contributed by atoms with E-state index in [1.54, 1.807) is 19.2 Å². The number of nitrogens with zero attached hydrogens (tertiary/aromatic N) is 7. The molecule has 0 saturated carbocycles. The first-order valence-electron chi connectivity index (χ1n) is 11.8. The van der Waals surface area contributed by atoms with Gasteiger partial charge in [0.2, 0.25) is 5.95 Å². The third-order valence-electron chi connectivity index (χ3n) is 6.49. The van der Waals surface area contributed by atoms with E-state index in [4.69, 9.17) is 0 Å². The van der Waals surface area contributed by atoms with Gasteiger partial charge < -0.3 is 20.2 Å². The number of pyridine rings is 2. The van der Waals surface area contributed by atoms with E-state index in [1.165, 1.54) is 5.56 Å². The van der Waals surface area contributed by atoms with Crippen LogP contribution in [0.25, 0.3) is 10.9 Å². The van der Waals surface area contributed by atoms with Gasteiger partial charge in [-0.05, 0) is 38.1 Å². The Hall–Kier alpha value is -2.95. The average Bonchev–Trinajstić information content (AvgIpc) is 3.27. The fourth-order valence-electron chi connectivity index (χ4n) is 4.42. The van der Waals surface area contributed by atoms with Gasteiger partial charge >= 0.3 is 0 Å². The summed E-state index contributed by atoms with van der Waals surface area (Å²) in [4.78, 5) is 24.9. The molecule has 2 aliphatic rings. The molecular formula is C24H31FN8O. The van der Waals surface area contributed by atoms with Crippen LogP contribution in [0.4, 0.5) is 22.0 Å². The zero-order valence-corrected chi connectivity index (χ0v) is 19.7. The predicted octanol–water partition coefficient (Wildman–Crippen LogP) is 2.51. The lowest BCUT2D eigenvalue weighted by molar-refractivity contribution is 0.148. The standard InChI is InChI=1S/C24H31FN8O/c1-16(34)20-11-18-13-27-24(30-22(18)23(28-20)33-6-5-19(25)15-33)29-21-4-3-17(12-26-21)14-32-9-7-31(2)8-10-32/h3-4,11-13,16,19,34H,5-10,14-15H2,1-2H3,(H,26,27,29,30)/t16-,19+/m1/s1. The van der Waals surface area contributed by atoms with Gasteiger partial charge in [0.1, 0.15) is 17.5 Å². The molecule has 0 aromatic carbocycles. The number of anilines is 3. The summed E-state index contributed by atoms with van der Waals surface area (Å²) in [6, 6.07) is 5.78. The van der Waals surface area contributed by atoms with E-state index in [1.807, 2.05) is 17.2 Å².